The van der Waals surface area contributed by atoms with E-state index in [0.717, 1.165) is 11.1 Å². The Morgan fingerprint density at radius 2 is 1.55 bits per heavy atom. The second kappa shape index (κ2) is 12.7. The first-order chi connectivity index (χ1) is 19.4. The molecule has 1 aliphatic rings. The average Bonchev–Trinajstić information content (AvgIpc) is 3.40. The molecular weight excluding hydrogens is 515 g/mol. The van der Waals surface area contributed by atoms with Crippen molar-refractivity contribution in [2.24, 2.45) is 0 Å². The van der Waals surface area contributed by atoms with Gasteiger partial charge in [0.1, 0.15) is 40.5 Å². The molecule has 0 radical (unpaired) electrons. The predicted octanol–water partition coefficient (Wildman–Crippen LogP) is 5.44. The molecule has 0 aromatic heterocycles. The zero-order valence-corrected chi connectivity index (χ0v) is 23.2. The summed E-state index contributed by atoms with van der Waals surface area (Å²) >= 11 is 0. The topological polar surface area (TPSA) is 78.5 Å². The van der Waals surface area contributed by atoms with Crippen LogP contribution in [0.3, 0.4) is 0 Å². The summed E-state index contributed by atoms with van der Waals surface area (Å²) in [5, 5.41) is 3.13. The van der Waals surface area contributed by atoms with Crippen LogP contribution in [0.4, 0.5) is 9.18 Å². The molecule has 4 rings (SSSR count). The second-order valence-corrected chi connectivity index (χ2v) is 9.37. The SMILES string of the molecule is C=C[C@@H]1OCC[C@@]1(NC(=O)N(Cc1ccc(OC)cc1OC)Cc1ccc(OC)cc1OC)c1ccccc1F. The number of hydrogen-bond acceptors (Lipinski definition) is 6. The van der Waals surface area contributed by atoms with Crippen LogP contribution in [0.2, 0.25) is 0 Å². The Morgan fingerprint density at radius 1 is 0.975 bits per heavy atom. The summed E-state index contributed by atoms with van der Waals surface area (Å²) in [6.07, 6.45) is 1.35. The number of methoxy groups -OCH3 is 4. The molecule has 0 bridgehead atoms. The predicted molar refractivity (Wildman–Crippen MR) is 150 cm³/mol. The Kier molecular flexibility index (Phi) is 9.16. The van der Waals surface area contributed by atoms with Gasteiger partial charge >= 0.3 is 6.03 Å². The number of hydrogen-bond donors (Lipinski definition) is 1. The molecule has 1 fully saturated rings. The van der Waals surface area contributed by atoms with Gasteiger partial charge in [0.15, 0.2) is 0 Å². The Labute approximate surface area is 234 Å². The van der Waals surface area contributed by atoms with Gasteiger partial charge in [0.25, 0.3) is 0 Å². The molecule has 3 aromatic carbocycles. The van der Waals surface area contributed by atoms with Gasteiger partial charge in [-0.25, -0.2) is 9.18 Å². The Balaban J connectivity index is 1.75. The minimum absolute atomic E-state index is 0.182. The molecule has 1 aliphatic heterocycles. The van der Waals surface area contributed by atoms with Crippen LogP contribution >= 0.6 is 0 Å². The summed E-state index contributed by atoms with van der Waals surface area (Å²) in [7, 11) is 6.28. The molecule has 3 aromatic rings. The van der Waals surface area contributed by atoms with Gasteiger partial charge < -0.3 is 33.9 Å². The number of urea groups is 1. The third kappa shape index (κ3) is 5.84. The largest absolute Gasteiger partial charge is 0.497 e. The molecule has 0 spiro atoms. The zero-order valence-electron chi connectivity index (χ0n) is 23.2. The van der Waals surface area contributed by atoms with Gasteiger partial charge in [-0.1, -0.05) is 24.3 Å². The molecular formula is C31H35FN2O6. The molecule has 0 saturated carbocycles. The number of benzene rings is 3. The summed E-state index contributed by atoms with van der Waals surface area (Å²) in [6, 6.07) is 16.8. The number of ether oxygens (including phenoxy) is 5. The van der Waals surface area contributed by atoms with E-state index in [1.54, 1.807) is 81.9 Å². The number of carbonyl (C=O) groups is 1. The first-order valence-corrected chi connectivity index (χ1v) is 12.9. The van der Waals surface area contributed by atoms with Crippen LogP contribution < -0.4 is 24.3 Å². The highest BCUT2D eigenvalue weighted by Gasteiger charge is 2.47. The third-order valence-corrected chi connectivity index (χ3v) is 7.18. The van der Waals surface area contributed by atoms with E-state index in [9.17, 15) is 4.79 Å². The van der Waals surface area contributed by atoms with Crippen molar-refractivity contribution in [1.82, 2.24) is 10.2 Å². The van der Waals surface area contributed by atoms with Crippen LogP contribution in [0.25, 0.3) is 0 Å². The van der Waals surface area contributed by atoms with Crippen molar-refractivity contribution >= 4 is 6.03 Å². The summed E-state index contributed by atoms with van der Waals surface area (Å²) in [6.45, 7) is 4.59. The van der Waals surface area contributed by atoms with Crippen molar-refractivity contribution in [1.29, 1.82) is 0 Å². The smallest absolute Gasteiger partial charge is 0.318 e. The highest BCUT2D eigenvalue weighted by molar-refractivity contribution is 5.76. The molecule has 1 N–H and O–H groups in total. The molecule has 8 nitrogen and oxygen atoms in total. The number of halogens is 1. The van der Waals surface area contributed by atoms with Crippen LogP contribution in [-0.2, 0) is 23.4 Å². The Bertz CT molecular complexity index is 1290. The van der Waals surface area contributed by atoms with Gasteiger partial charge in [0.05, 0.1) is 48.1 Å². The lowest BCUT2D eigenvalue weighted by molar-refractivity contribution is 0.100. The van der Waals surface area contributed by atoms with Gasteiger partial charge in [-0.05, 0) is 30.3 Å². The highest BCUT2D eigenvalue weighted by atomic mass is 19.1. The van der Waals surface area contributed by atoms with Crippen molar-refractivity contribution < 1.29 is 32.9 Å². The number of nitrogens with zero attached hydrogens (tertiary/aromatic N) is 1. The van der Waals surface area contributed by atoms with Gasteiger partial charge in [-0.3, -0.25) is 0 Å². The van der Waals surface area contributed by atoms with Gasteiger partial charge in [-0.15, -0.1) is 6.58 Å². The highest BCUT2D eigenvalue weighted by Crippen LogP contribution is 2.39. The Morgan fingerprint density at radius 3 is 2.05 bits per heavy atom. The molecule has 2 atom stereocenters. The van der Waals surface area contributed by atoms with E-state index in [4.69, 9.17) is 23.7 Å². The quantitative estimate of drug-likeness (QED) is 0.320. The first-order valence-electron chi connectivity index (χ1n) is 12.9. The molecule has 40 heavy (non-hydrogen) atoms. The maximum Gasteiger partial charge on any atom is 0.318 e. The lowest BCUT2D eigenvalue weighted by atomic mass is 9.83. The van der Waals surface area contributed by atoms with Crippen LogP contribution in [-0.4, -0.2) is 52.1 Å². The third-order valence-electron chi connectivity index (χ3n) is 7.18. The number of nitrogens with one attached hydrogen (secondary N) is 1. The van der Waals surface area contributed by atoms with Crippen LogP contribution in [0.5, 0.6) is 23.0 Å². The average molecular weight is 551 g/mol. The monoisotopic (exact) mass is 550 g/mol. The number of carbonyl (C=O) groups excluding carboxylic acids is 1. The van der Waals surface area contributed by atoms with Gasteiger partial charge in [0, 0.05) is 35.2 Å². The van der Waals surface area contributed by atoms with Crippen LogP contribution in [0.1, 0.15) is 23.1 Å². The fourth-order valence-electron chi connectivity index (χ4n) is 5.06. The summed E-state index contributed by atoms with van der Waals surface area (Å²) in [4.78, 5) is 15.8. The maximum atomic E-state index is 15.2. The minimum Gasteiger partial charge on any atom is -0.497 e. The lowest BCUT2D eigenvalue weighted by Crippen LogP contribution is -2.55. The van der Waals surface area contributed by atoms with Crippen molar-refractivity contribution in [2.75, 3.05) is 35.0 Å². The fourth-order valence-corrected chi connectivity index (χ4v) is 5.06. The van der Waals surface area contributed by atoms with E-state index in [1.165, 1.54) is 6.07 Å². The number of amides is 2. The molecule has 212 valence electrons. The summed E-state index contributed by atoms with van der Waals surface area (Å²) in [5.41, 5.74) is 0.716. The second-order valence-electron chi connectivity index (χ2n) is 9.37. The first kappa shape index (κ1) is 28.8. The van der Waals surface area contributed by atoms with Crippen molar-refractivity contribution in [3.8, 4) is 23.0 Å². The summed E-state index contributed by atoms with van der Waals surface area (Å²) < 4.78 is 42.9. The van der Waals surface area contributed by atoms with E-state index >= 15 is 4.39 Å². The van der Waals surface area contributed by atoms with E-state index in [2.05, 4.69) is 11.9 Å². The van der Waals surface area contributed by atoms with E-state index in [1.807, 2.05) is 12.1 Å². The summed E-state index contributed by atoms with van der Waals surface area (Å²) in [5.74, 6) is 1.96. The number of rotatable bonds is 11. The normalized spacial score (nSPS) is 18.1. The van der Waals surface area contributed by atoms with Crippen molar-refractivity contribution in [2.45, 2.75) is 31.2 Å². The van der Waals surface area contributed by atoms with Crippen molar-refractivity contribution in [3.63, 3.8) is 0 Å². The molecule has 2 amide bonds. The molecule has 0 unspecified atom stereocenters. The Hall–Kier alpha value is -4.24. The van der Waals surface area contributed by atoms with E-state index in [0.29, 0.717) is 41.6 Å². The van der Waals surface area contributed by atoms with Crippen LogP contribution in [0, 0.1) is 5.82 Å². The van der Waals surface area contributed by atoms with Crippen molar-refractivity contribution in [3.05, 3.63) is 95.8 Å². The van der Waals surface area contributed by atoms with Gasteiger partial charge in [0.2, 0.25) is 0 Å². The van der Waals surface area contributed by atoms with E-state index < -0.39 is 23.5 Å². The molecule has 1 saturated heterocycles. The maximum absolute atomic E-state index is 15.2. The minimum atomic E-state index is -1.14. The van der Waals surface area contributed by atoms with Crippen LogP contribution in [0.15, 0.2) is 73.3 Å². The van der Waals surface area contributed by atoms with E-state index in [-0.39, 0.29) is 13.1 Å². The fraction of sp³-hybridized carbons (Fsp3) is 0.323. The molecule has 1 heterocycles. The standard InChI is InChI=1S/C31H35FN2O6/c1-6-29-31(15-16-40-29,25-9-7-8-10-26(25)32)33-30(35)34(19-21-11-13-23(36-2)17-27(21)38-4)20-22-12-14-24(37-3)18-28(22)39-5/h6-14,17-18,29H,1,15-16,19-20H2,2-5H3,(H,33,35)/t29-,31+/m0/s1. The zero-order chi connectivity index (χ0) is 28.7. The molecule has 0 aliphatic carbocycles. The molecule has 9 heteroatoms. The lowest BCUT2D eigenvalue weighted by Gasteiger charge is -2.37. The van der Waals surface area contributed by atoms with Gasteiger partial charge in [-0.2, -0.15) is 0 Å².